The molecular weight excluding hydrogens is 340 g/mol. The third-order valence-electron chi connectivity index (χ3n) is 5.29. The number of rotatable bonds is 6. The molecule has 6 heteroatoms. The van der Waals surface area contributed by atoms with Crippen LogP contribution in [0.1, 0.15) is 37.1 Å². The van der Waals surface area contributed by atoms with Gasteiger partial charge in [0.25, 0.3) is 0 Å². The lowest BCUT2D eigenvalue weighted by Gasteiger charge is -2.18. The summed E-state index contributed by atoms with van der Waals surface area (Å²) in [5.74, 6) is 1.07. The zero-order valence-electron chi connectivity index (χ0n) is 15.9. The van der Waals surface area contributed by atoms with Gasteiger partial charge in [0.2, 0.25) is 5.91 Å². The normalized spacial score (nSPS) is 19.1. The Labute approximate surface area is 159 Å². The SMILES string of the molecule is Cc1ncnc(C)c1-c1cc(NC(=O)C2CC2)ccc1OCC1CCCN1. The second-order valence-corrected chi connectivity index (χ2v) is 7.50. The number of aryl methyl sites for hydroxylation is 2. The molecule has 1 aromatic carbocycles. The van der Waals surface area contributed by atoms with E-state index in [2.05, 4.69) is 20.6 Å². The van der Waals surface area contributed by atoms with Crippen LogP contribution in [0.15, 0.2) is 24.5 Å². The Hall–Kier alpha value is -2.47. The predicted molar refractivity (Wildman–Crippen MR) is 105 cm³/mol. The summed E-state index contributed by atoms with van der Waals surface area (Å²) in [5, 5.41) is 6.49. The summed E-state index contributed by atoms with van der Waals surface area (Å²) in [6, 6.07) is 6.23. The zero-order valence-corrected chi connectivity index (χ0v) is 15.9. The number of aromatic nitrogens is 2. The van der Waals surface area contributed by atoms with Crippen LogP contribution in [0.4, 0.5) is 5.69 Å². The summed E-state index contributed by atoms with van der Waals surface area (Å²) in [6.07, 6.45) is 5.88. The van der Waals surface area contributed by atoms with Gasteiger partial charge in [-0.15, -0.1) is 0 Å². The van der Waals surface area contributed by atoms with Gasteiger partial charge in [-0.3, -0.25) is 4.79 Å². The van der Waals surface area contributed by atoms with Gasteiger partial charge in [-0.25, -0.2) is 9.97 Å². The number of anilines is 1. The highest BCUT2D eigenvalue weighted by atomic mass is 16.5. The van der Waals surface area contributed by atoms with Gasteiger partial charge in [0.15, 0.2) is 0 Å². The smallest absolute Gasteiger partial charge is 0.227 e. The number of amides is 1. The maximum absolute atomic E-state index is 12.2. The van der Waals surface area contributed by atoms with E-state index in [1.807, 2.05) is 32.0 Å². The molecule has 0 bridgehead atoms. The van der Waals surface area contributed by atoms with Crippen LogP contribution in [0.5, 0.6) is 5.75 Å². The van der Waals surface area contributed by atoms with Crippen LogP contribution in [-0.4, -0.2) is 35.1 Å². The van der Waals surface area contributed by atoms with Gasteiger partial charge >= 0.3 is 0 Å². The average Bonchev–Trinajstić information content (AvgIpc) is 3.37. The molecular formula is C21H26N4O2. The Kier molecular flexibility index (Phi) is 5.07. The van der Waals surface area contributed by atoms with Crippen molar-refractivity contribution < 1.29 is 9.53 Å². The minimum atomic E-state index is 0.0996. The largest absolute Gasteiger partial charge is 0.491 e. The second kappa shape index (κ2) is 7.64. The van der Waals surface area contributed by atoms with Crippen molar-refractivity contribution in [1.82, 2.24) is 15.3 Å². The van der Waals surface area contributed by atoms with Gasteiger partial charge < -0.3 is 15.4 Å². The number of hydrogen-bond donors (Lipinski definition) is 2. The third kappa shape index (κ3) is 4.11. The van der Waals surface area contributed by atoms with E-state index >= 15 is 0 Å². The Morgan fingerprint density at radius 1 is 1.22 bits per heavy atom. The number of nitrogens with one attached hydrogen (secondary N) is 2. The molecule has 1 unspecified atom stereocenters. The van der Waals surface area contributed by atoms with Gasteiger partial charge in [0, 0.05) is 40.2 Å². The predicted octanol–water partition coefficient (Wildman–Crippen LogP) is 3.24. The molecule has 4 rings (SSSR count). The van der Waals surface area contributed by atoms with Crippen molar-refractivity contribution in [3.05, 3.63) is 35.9 Å². The highest BCUT2D eigenvalue weighted by Gasteiger charge is 2.29. The molecule has 0 spiro atoms. The lowest BCUT2D eigenvalue weighted by Crippen LogP contribution is -2.28. The quantitative estimate of drug-likeness (QED) is 0.821. The van der Waals surface area contributed by atoms with E-state index in [1.54, 1.807) is 6.33 Å². The van der Waals surface area contributed by atoms with Gasteiger partial charge in [0.1, 0.15) is 18.7 Å². The number of nitrogens with zero attached hydrogens (tertiary/aromatic N) is 2. The second-order valence-electron chi connectivity index (χ2n) is 7.50. The molecule has 2 aliphatic rings. The van der Waals surface area contributed by atoms with E-state index in [4.69, 9.17) is 4.74 Å². The van der Waals surface area contributed by atoms with Gasteiger partial charge in [0.05, 0.1) is 0 Å². The topological polar surface area (TPSA) is 76.1 Å². The zero-order chi connectivity index (χ0) is 18.8. The summed E-state index contributed by atoms with van der Waals surface area (Å²) < 4.78 is 6.17. The molecule has 2 heterocycles. The molecule has 1 saturated heterocycles. The molecule has 1 aliphatic carbocycles. The fourth-order valence-corrected chi connectivity index (χ4v) is 3.59. The van der Waals surface area contributed by atoms with Crippen LogP contribution in [0.3, 0.4) is 0 Å². The molecule has 6 nitrogen and oxygen atoms in total. The van der Waals surface area contributed by atoms with E-state index in [-0.39, 0.29) is 11.8 Å². The minimum absolute atomic E-state index is 0.0996. The lowest BCUT2D eigenvalue weighted by molar-refractivity contribution is -0.117. The molecule has 0 radical (unpaired) electrons. The van der Waals surface area contributed by atoms with Crippen molar-refractivity contribution in [3.63, 3.8) is 0 Å². The Balaban J connectivity index is 1.65. The maximum Gasteiger partial charge on any atom is 0.227 e. The van der Waals surface area contributed by atoms with Crippen molar-refractivity contribution in [2.75, 3.05) is 18.5 Å². The molecule has 2 fully saturated rings. The van der Waals surface area contributed by atoms with E-state index in [9.17, 15) is 4.79 Å². The highest BCUT2D eigenvalue weighted by molar-refractivity contribution is 5.95. The van der Waals surface area contributed by atoms with Crippen LogP contribution < -0.4 is 15.4 Å². The van der Waals surface area contributed by atoms with E-state index in [1.165, 1.54) is 6.42 Å². The number of hydrogen-bond acceptors (Lipinski definition) is 5. The molecule has 2 N–H and O–H groups in total. The number of ether oxygens (including phenoxy) is 1. The fraction of sp³-hybridized carbons (Fsp3) is 0.476. The Morgan fingerprint density at radius 3 is 2.67 bits per heavy atom. The standard InChI is InChI=1S/C21H26N4O2/c1-13-20(14(2)24-12-23-13)18-10-16(25-21(26)15-5-6-15)7-8-19(18)27-11-17-4-3-9-22-17/h7-8,10,12,15,17,22H,3-6,9,11H2,1-2H3,(H,25,26). The number of carbonyl (C=O) groups is 1. The van der Waals surface area contributed by atoms with E-state index in [0.717, 1.165) is 59.8 Å². The first-order valence-corrected chi connectivity index (χ1v) is 9.71. The van der Waals surface area contributed by atoms with Crippen LogP contribution in [-0.2, 0) is 4.79 Å². The monoisotopic (exact) mass is 366 g/mol. The van der Waals surface area contributed by atoms with Crippen molar-refractivity contribution in [3.8, 4) is 16.9 Å². The van der Waals surface area contributed by atoms with Crippen LogP contribution >= 0.6 is 0 Å². The first-order chi connectivity index (χ1) is 13.1. The van der Waals surface area contributed by atoms with Crippen molar-refractivity contribution in [2.45, 2.75) is 45.6 Å². The highest BCUT2D eigenvalue weighted by Crippen LogP contribution is 2.37. The van der Waals surface area contributed by atoms with Crippen LogP contribution in [0.25, 0.3) is 11.1 Å². The van der Waals surface area contributed by atoms with Gasteiger partial charge in [-0.05, 0) is 64.3 Å². The van der Waals surface area contributed by atoms with Crippen molar-refractivity contribution >= 4 is 11.6 Å². The van der Waals surface area contributed by atoms with E-state index < -0.39 is 0 Å². The summed E-state index contributed by atoms with van der Waals surface area (Å²) in [6.45, 7) is 5.63. The first kappa shape index (κ1) is 17.9. The molecule has 142 valence electrons. The molecule has 1 amide bonds. The van der Waals surface area contributed by atoms with Gasteiger partial charge in [-0.1, -0.05) is 0 Å². The molecule has 1 saturated carbocycles. The van der Waals surface area contributed by atoms with E-state index in [0.29, 0.717) is 12.6 Å². The molecule has 27 heavy (non-hydrogen) atoms. The summed E-state index contributed by atoms with van der Waals surface area (Å²) >= 11 is 0. The Morgan fingerprint density at radius 2 is 2.00 bits per heavy atom. The van der Waals surface area contributed by atoms with Crippen LogP contribution in [0.2, 0.25) is 0 Å². The average molecular weight is 366 g/mol. The molecule has 2 aromatic rings. The summed E-state index contributed by atoms with van der Waals surface area (Å²) in [5.41, 5.74) is 4.48. The van der Waals surface area contributed by atoms with Crippen molar-refractivity contribution in [2.24, 2.45) is 5.92 Å². The summed E-state index contributed by atoms with van der Waals surface area (Å²) in [7, 11) is 0. The number of benzene rings is 1. The first-order valence-electron chi connectivity index (χ1n) is 9.71. The number of carbonyl (C=O) groups excluding carboxylic acids is 1. The van der Waals surface area contributed by atoms with Crippen LogP contribution in [0, 0.1) is 19.8 Å². The fourth-order valence-electron chi connectivity index (χ4n) is 3.59. The summed E-state index contributed by atoms with van der Waals surface area (Å²) in [4.78, 5) is 20.9. The third-order valence-corrected chi connectivity index (χ3v) is 5.29. The Bertz CT molecular complexity index is 822. The maximum atomic E-state index is 12.2. The lowest BCUT2D eigenvalue weighted by atomic mass is 10.0. The van der Waals surface area contributed by atoms with Crippen molar-refractivity contribution in [1.29, 1.82) is 0 Å². The molecule has 1 aliphatic heterocycles. The molecule has 1 atom stereocenters. The minimum Gasteiger partial charge on any atom is -0.491 e. The molecule has 1 aromatic heterocycles. The van der Waals surface area contributed by atoms with Gasteiger partial charge in [-0.2, -0.15) is 0 Å².